The first-order valence-corrected chi connectivity index (χ1v) is 15.5. The first-order valence-electron chi connectivity index (χ1n) is 13.6. The van der Waals surface area contributed by atoms with Crippen molar-refractivity contribution in [3.63, 3.8) is 0 Å². The third-order valence-corrected chi connectivity index (χ3v) is 8.28. The number of benzene rings is 2. The van der Waals surface area contributed by atoms with Crippen molar-refractivity contribution < 1.29 is 54.2 Å². The standard InChI is InChI=1S/C16H14F5N5O5S.C12H14ClNO2/c1-29-10-6-22-15(30-2)26-13(10)23-14(24-26)25-32(27,28)12-8(16(19,20)21)4-3-5-9(12)31-7-11(17)18;1-12(2)8-16-14(11(12)15)7-9-5-3-4-6-10(9)13/h3-6,11H,7H2,1-2H3,(H,24,25);3-6H,7-8H2,1-2H3. The number of methoxy groups -OCH3 is 2. The Morgan fingerprint density at radius 2 is 1.79 bits per heavy atom. The Morgan fingerprint density at radius 3 is 2.38 bits per heavy atom. The molecule has 0 aliphatic carbocycles. The van der Waals surface area contributed by atoms with E-state index in [4.69, 9.17) is 25.9 Å². The molecule has 1 saturated heterocycles. The first-order chi connectivity index (χ1) is 22.5. The summed E-state index contributed by atoms with van der Waals surface area (Å²) in [5.41, 5.74) is -1.22. The highest BCUT2D eigenvalue weighted by Crippen LogP contribution is 2.39. The molecule has 2 aromatic heterocycles. The zero-order chi connectivity index (χ0) is 35.4. The lowest BCUT2D eigenvalue weighted by atomic mass is 9.95. The number of ether oxygens (including phenoxy) is 3. The van der Waals surface area contributed by atoms with Gasteiger partial charge in [0.05, 0.1) is 44.5 Å². The summed E-state index contributed by atoms with van der Waals surface area (Å²) < 4.78 is 109. The minimum Gasteiger partial charge on any atom is -0.491 e. The molecule has 1 fully saturated rings. The molecule has 0 unspecified atom stereocenters. The Balaban J connectivity index is 0.000000271. The van der Waals surface area contributed by atoms with Crippen LogP contribution in [0, 0.1) is 5.41 Å². The highest BCUT2D eigenvalue weighted by Gasteiger charge is 2.41. The maximum atomic E-state index is 13.5. The number of carbonyl (C=O) groups is 1. The number of nitrogens with one attached hydrogen (secondary N) is 1. The van der Waals surface area contributed by atoms with Gasteiger partial charge in [0.1, 0.15) is 17.3 Å². The molecule has 1 amide bonds. The van der Waals surface area contributed by atoms with Gasteiger partial charge in [0.25, 0.3) is 28.3 Å². The Kier molecular flexibility index (Phi) is 10.8. The van der Waals surface area contributed by atoms with Crippen LogP contribution in [0.15, 0.2) is 53.6 Å². The number of amides is 1. The number of carbonyl (C=O) groups excluding carboxylic acids is 1. The fraction of sp³-hybridized carbons (Fsp3) is 0.357. The predicted molar refractivity (Wildman–Crippen MR) is 159 cm³/mol. The van der Waals surface area contributed by atoms with E-state index in [-0.39, 0.29) is 23.3 Å². The van der Waals surface area contributed by atoms with E-state index >= 15 is 0 Å². The summed E-state index contributed by atoms with van der Waals surface area (Å²) in [4.78, 5) is 23.6. The van der Waals surface area contributed by atoms with Crippen LogP contribution in [0.2, 0.25) is 5.02 Å². The number of hydrogen-bond donors (Lipinski definition) is 1. The Morgan fingerprint density at radius 1 is 1.08 bits per heavy atom. The average molecular weight is 723 g/mol. The van der Waals surface area contributed by atoms with Gasteiger partial charge in [-0.25, -0.2) is 27.0 Å². The van der Waals surface area contributed by atoms with E-state index in [2.05, 4.69) is 19.8 Å². The van der Waals surface area contributed by atoms with E-state index in [1.807, 2.05) is 38.1 Å². The number of hydrogen-bond acceptors (Lipinski definition) is 10. The molecule has 1 N–H and O–H groups in total. The minimum absolute atomic E-state index is 0.00687. The number of hydroxylamine groups is 2. The van der Waals surface area contributed by atoms with Gasteiger partial charge in [0, 0.05) is 5.02 Å². The maximum absolute atomic E-state index is 13.5. The summed E-state index contributed by atoms with van der Waals surface area (Å²) >= 11 is 6.03. The van der Waals surface area contributed by atoms with E-state index in [9.17, 15) is 35.2 Å². The zero-order valence-corrected chi connectivity index (χ0v) is 27.2. The third-order valence-electron chi connectivity index (χ3n) is 6.51. The summed E-state index contributed by atoms with van der Waals surface area (Å²) in [7, 11) is -2.56. The number of rotatable bonds is 10. The number of aromatic nitrogens is 4. The first kappa shape index (κ1) is 36.3. The van der Waals surface area contributed by atoms with Crippen molar-refractivity contribution in [2.24, 2.45) is 5.41 Å². The molecule has 1 aliphatic rings. The van der Waals surface area contributed by atoms with Gasteiger partial charge in [0.2, 0.25) is 5.65 Å². The molecule has 5 rings (SSSR count). The summed E-state index contributed by atoms with van der Waals surface area (Å²) in [6.45, 7) is 3.26. The number of nitrogens with zero attached hydrogens (tertiary/aromatic N) is 5. The summed E-state index contributed by atoms with van der Waals surface area (Å²) in [6.07, 6.45) is -6.99. The van der Waals surface area contributed by atoms with Crippen molar-refractivity contribution in [1.82, 2.24) is 24.6 Å². The van der Waals surface area contributed by atoms with Gasteiger partial charge < -0.3 is 14.2 Å². The van der Waals surface area contributed by atoms with Gasteiger partial charge in [-0.3, -0.25) is 9.63 Å². The molecule has 0 spiro atoms. The average Bonchev–Trinajstić information content (AvgIpc) is 3.55. The number of sulfonamides is 1. The van der Waals surface area contributed by atoms with Crippen LogP contribution in [0.25, 0.3) is 5.65 Å². The molecule has 0 bridgehead atoms. The lowest BCUT2D eigenvalue weighted by Crippen LogP contribution is -2.30. The number of alkyl halides is 5. The minimum atomic E-state index is -5.14. The smallest absolute Gasteiger partial charge is 0.417 e. The molecule has 13 nitrogen and oxygen atoms in total. The molecule has 0 radical (unpaired) electrons. The fourth-order valence-corrected chi connectivity index (χ4v) is 5.70. The molecule has 0 atom stereocenters. The van der Waals surface area contributed by atoms with Crippen molar-refractivity contribution in [3.8, 4) is 17.5 Å². The molecule has 48 heavy (non-hydrogen) atoms. The molecule has 2 aromatic carbocycles. The van der Waals surface area contributed by atoms with Crippen LogP contribution >= 0.6 is 11.6 Å². The van der Waals surface area contributed by atoms with Gasteiger partial charge in [-0.1, -0.05) is 35.9 Å². The topological polar surface area (TPSA) is 146 Å². The second kappa shape index (κ2) is 14.3. The predicted octanol–water partition coefficient (Wildman–Crippen LogP) is 5.25. The number of halogens is 6. The maximum Gasteiger partial charge on any atom is 0.417 e. The Hall–Kier alpha value is -4.49. The second-order valence-electron chi connectivity index (χ2n) is 10.5. The quantitative estimate of drug-likeness (QED) is 0.216. The molecule has 20 heteroatoms. The largest absolute Gasteiger partial charge is 0.491 e. The van der Waals surface area contributed by atoms with Crippen molar-refractivity contribution >= 4 is 39.1 Å². The molecular weight excluding hydrogens is 695 g/mol. The van der Waals surface area contributed by atoms with Crippen molar-refractivity contribution in [1.29, 1.82) is 0 Å². The van der Waals surface area contributed by atoms with Gasteiger partial charge in [-0.05, 0) is 37.6 Å². The zero-order valence-electron chi connectivity index (χ0n) is 25.6. The summed E-state index contributed by atoms with van der Waals surface area (Å²) in [6, 6.07) is 9.45. The molecular formula is C28H28ClF5N6O7S. The second-order valence-corrected chi connectivity index (χ2v) is 12.5. The molecule has 260 valence electrons. The van der Waals surface area contributed by atoms with Crippen LogP contribution in [0.1, 0.15) is 25.0 Å². The molecule has 4 aromatic rings. The van der Waals surface area contributed by atoms with Gasteiger partial charge >= 0.3 is 12.2 Å². The SMILES string of the molecule is CC1(C)CON(Cc2ccccc2Cl)C1=O.COc1cnc(OC)n2nc(NS(=O)(=O)c3c(OCC(F)F)cccc3C(F)(F)F)nc12. The summed E-state index contributed by atoms with van der Waals surface area (Å²) in [5, 5.41) is 5.85. The normalized spacial score (nSPS) is 14.6. The third kappa shape index (κ3) is 8.13. The monoisotopic (exact) mass is 722 g/mol. The Labute approximate surface area is 275 Å². The van der Waals surface area contributed by atoms with Crippen LogP contribution in [0.3, 0.4) is 0 Å². The van der Waals surface area contributed by atoms with Gasteiger partial charge in [0.15, 0.2) is 5.75 Å². The number of fused-ring (bicyclic) bond motifs is 1. The summed E-state index contributed by atoms with van der Waals surface area (Å²) in [5.74, 6) is -1.52. The highest BCUT2D eigenvalue weighted by molar-refractivity contribution is 7.92. The lowest BCUT2D eigenvalue weighted by molar-refractivity contribution is -0.165. The van der Waals surface area contributed by atoms with E-state index in [1.54, 1.807) is 4.72 Å². The van der Waals surface area contributed by atoms with E-state index in [1.165, 1.54) is 25.5 Å². The van der Waals surface area contributed by atoms with Crippen molar-refractivity contribution in [2.75, 3.05) is 32.2 Å². The van der Waals surface area contributed by atoms with Crippen LogP contribution in [-0.4, -0.2) is 72.8 Å². The molecule has 3 heterocycles. The molecule has 1 aliphatic heterocycles. The highest BCUT2D eigenvalue weighted by atomic mass is 35.5. The van der Waals surface area contributed by atoms with Gasteiger partial charge in [-0.2, -0.15) is 27.7 Å². The number of anilines is 1. The van der Waals surface area contributed by atoms with Crippen molar-refractivity contribution in [2.45, 2.75) is 37.9 Å². The van der Waals surface area contributed by atoms with Crippen LogP contribution < -0.4 is 18.9 Å². The Bertz CT molecular complexity index is 1850. The fourth-order valence-electron chi connectivity index (χ4n) is 4.21. The van der Waals surface area contributed by atoms with Crippen molar-refractivity contribution in [3.05, 3.63) is 64.8 Å². The van der Waals surface area contributed by atoms with E-state index in [0.717, 1.165) is 22.2 Å². The van der Waals surface area contributed by atoms with E-state index in [0.29, 0.717) is 24.2 Å². The van der Waals surface area contributed by atoms with Crippen LogP contribution in [0.5, 0.6) is 17.5 Å². The molecule has 0 saturated carbocycles. The van der Waals surface area contributed by atoms with Crippen LogP contribution in [-0.2, 0) is 32.4 Å². The van der Waals surface area contributed by atoms with E-state index < -0.39 is 56.8 Å². The lowest BCUT2D eigenvalue weighted by Gasteiger charge is -2.17. The van der Waals surface area contributed by atoms with Crippen LogP contribution in [0.4, 0.5) is 27.9 Å². The van der Waals surface area contributed by atoms with Gasteiger partial charge in [-0.15, -0.1) is 5.10 Å².